The van der Waals surface area contributed by atoms with Crippen molar-refractivity contribution in [2.24, 2.45) is 0 Å². The van der Waals surface area contributed by atoms with Gasteiger partial charge in [-0.15, -0.1) is 0 Å². The topological polar surface area (TPSA) is 44.8 Å². The molecule has 0 unspecified atom stereocenters. The average Bonchev–Trinajstić information content (AvgIpc) is 2.62. The zero-order chi connectivity index (χ0) is 17.8. The van der Waals surface area contributed by atoms with Crippen LogP contribution in [0, 0.1) is 0 Å². The van der Waals surface area contributed by atoms with Crippen LogP contribution in [-0.2, 0) is 0 Å². The van der Waals surface area contributed by atoms with Crippen molar-refractivity contribution < 1.29 is 9.53 Å². The minimum Gasteiger partial charge on any atom is -0.457 e. The van der Waals surface area contributed by atoms with E-state index in [4.69, 9.17) is 4.74 Å². The molecule has 2 saturated heterocycles. The number of carbonyl (C=O) groups excluding carboxylic acids is 1. The number of benzene rings is 2. The normalized spacial score (nSPS) is 18.2. The van der Waals surface area contributed by atoms with Gasteiger partial charge in [0.1, 0.15) is 11.5 Å². The third-order valence-electron chi connectivity index (χ3n) is 5.12. The molecule has 0 aliphatic carbocycles. The molecule has 26 heavy (non-hydrogen) atoms. The number of rotatable bonds is 4. The van der Waals surface area contributed by atoms with Gasteiger partial charge in [-0.25, -0.2) is 4.79 Å². The maximum Gasteiger partial charge on any atom is 0.321 e. The van der Waals surface area contributed by atoms with Gasteiger partial charge in [0.15, 0.2) is 0 Å². The van der Waals surface area contributed by atoms with Gasteiger partial charge in [0.2, 0.25) is 0 Å². The molecular formula is C21H25N3O2. The van der Waals surface area contributed by atoms with Crippen LogP contribution in [0.1, 0.15) is 19.3 Å². The highest BCUT2D eigenvalue weighted by molar-refractivity contribution is 5.90. The molecule has 1 N–H and O–H groups in total. The number of ether oxygens (including phenoxy) is 1. The maximum atomic E-state index is 12.4. The summed E-state index contributed by atoms with van der Waals surface area (Å²) in [6, 6.07) is 17.7. The van der Waals surface area contributed by atoms with Gasteiger partial charge in [-0.05, 0) is 50.2 Å². The molecule has 2 aliphatic rings. The SMILES string of the molecule is O=C(Nc1cccc(Oc2ccccc2)c1)N1CC(N2CCCCC2)C1. The number of carbonyl (C=O) groups is 1. The van der Waals surface area contributed by atoms with Gasteiger partial charge in [0, 0.05) is 30.9 Å². The first-order valence-electron chi connectivity index (χ1n) is 9.41. The van der Waals surface area contributed by atoms with Gasteiger partial charge in [0.25, 0.3) is 0 Å². The molecule has 5 heteroatoms. The molecule has 2 fully saturated rings. The second-order valence-electron chi connectivity index (χ2n) is 7.03. The number of nitrogens with one attached hydrogen (secondary N) is 1. The van der Waals surface area contributed by atoms with Crippen molar-refractivity contribution in [2.45, 2.75) is 25.3 Å². The van der Waals surface area contributed by atoms with E-state index < -0.39 is 0 Å². The van der Waals surface area contributed by atoms with Crippen molar-refractivity contribution in [3.05, 3.63) is 54.6 Å². The molecule has 2 aliphatic heterocycles. The Morgan fingerprint density at radius 2 is 1.65 bits per heavy atom. The third kappa shape index (κ3) is 3.99. The molecule has 0 bridgehead atoms. The van der Waals surface area contributed by atoms with Crippen LogP contribution >= 0.6 is 0 Å². The third-order valence-corrected chi connectivity index (χ3v) is 5.12. The van der Waals surface area contributed by atoms with Crippen molar-refractivity contribution in [2.75, 3.05) is 31.5 Å². The fourth-order valence-electron chi connectivity index (χ4n) is 3.60. The lowest BCUT2D eigenvalue weighted by Gasteiger charge is -2.46. The first-order chi connectivity index (χ1) is 12.8. The predicted octanol–water partition coefficient (Wildman–Crippen LogP) is 4.18. The number of piperidine rings is 1. The van der Waals surface area contributed by atoms with E-state index in [2.05, 4.69) is 10.2 Å². The lowest BCUT2D eigenvalue weighted by atomic mass is 10.0. The predicted molar refractivity (Wildman–Crippen MR) is 103 cm³/mol. The van der Waals surface area contributed by atoms with Gasteiger partial charge in [0.05, 0.1) is 0 Å². The van der Waals surface area contributed by atoms with E-state index in [1.54, 1.807) is 0 Å². The van der Waals surface area contributed by atoms with Crippen LogP contribution in [0.4, 0.5) is 10.5 Å². The Morgan fingerprint density at radius 3 is 2.42 bits per heavy atom. The number of hydrogen-bond acceptors (Lipinski definition) is 3. The molecular weight excluding hydrogens is 326 g/mol. The Morgan fingerprint density at radius 1 is 0.923 bits per heavy atom. The van der Waals surface area contributed by atoms with Crippen LogP contribution < -0.4 is 10.1 Å². The summed E-state index contributed by atoms with van der Waals surface area (Å²) in [5.74, 6) is 1.49. The van der Waals surface area contributed by atoms with Gasteiger partial charge < -0.3 is 15.0 Å². The van der Waals surface area contributed by atoms with Crippen LogP contribution in [0.25, 0.3) is 0 Å². The number of urea groups is 1. The lowest BCUT2D eigenvalue weighted by molar-refractivity contribution is 0.0493. The van der Waals surface area contributed by atoms with E-state index in [1.807, 2.05) is 59.5 Å². The molecule has 136 valence electrons. The van der Waals surface area contributed by atoms with Gasteiger partial charge >= 0.3 is 6.03 Å². The average molecular weight is 351 g/mol. The number of nitrogens with zero attached hydrogens (tertiary/aromatic N) is 2. The maximum absolute atomic E-state index is 12.4. The summed E-state index contributed by atoms with van der Waals surface area (Å²) in [6.07, 6.45) is 3.92. The Labute approximate surface area is 154 Å². The Kier molecular flexibility index (Phi) is 5.07. The summed E-state index contributed by atoms with van der Waals surface area (Å²) >= 11 is 0. The van der Waals surface area contributed by atoms with E-state index in [1.165, 1.54) is 32.4 Å². The van der Waals surface area contributed by atoms with Crippen LogP contribution in [-0.4, -0.2) is 48.1 Å². The molecule has 2 aromatic rings. The van der Waals surface area contributed by atoms with Crippen molar-refractivity contribution in [3.63, 3.8) is 0 Å². The van der Waals surface area contributed by atoms with Gasteiger partial charge in [-0.2, -0.15) is 0 Å². The molecule has 0 spiro atoms. The van der Waals surface area contributed by atoms with Crippen LogP contribution in [0.3, 0.4) is 0 Å². The summed E-state index contributed by atoms with van der Waals surface area (Å²) in [7, 11) is 0. The molecule has 0 atom stereocenters. The number of hydrogen-bond donors (Lipinski definition) is 1. The highest BCUT2D eigenvalue weighted by atomic mass is 16.5. The van der Waals surface area contributed by atoms with E-state index in [-0.39, 0.29) is 6.03 Å². The van der Waals surface area contributed by atoms with Crippen LogP contribution in [0.2, 0.25) is 0 Å². The largest absolute Gasteiger partial charge is 0.457 e. The molecule has 2 aromatic carbocycles. The Hall–Kier alpha value is -2.53. The number of amides is 2. The molecule has 4 rings (SSSR count). The molecule has 0 saturated carbocycles. The molecule has 5 nitrogen and oxygen atoms in total. The van der Waals surface area contributed by atoms with E-state index in [0.717, 1.165) is 24.5 Å². The van der Waals surface area contributed by atoms with Crippen molar-refractivity contribution in [1.29, 1.82) is 0 Å². The van der Waals surface area contributed by atoms with E-state index in [0.29, 0.717) is 11.8 Å². The highest BCUT2D eigenvalue weighted by Gasteiger charge is 2.35. The fourth-order valence-corrected chi connectivity index (χ4v) is 3.60. The minimum absolute atomic E-state index is 0.0323. The minimum atomic E-state index is -0.0323. The van der Waals surface area contributed by atoms with Crippen molar-refractivity contribution in [3.8, 4) is 11.5 Å². The van der Waals surface area contributed by atoms with E-state index in [9.17, 15) is 4.79 Å². The Bertz CT molecular complexity index is 738. The summed E-state index contributed by atoms with van der Waals surface area (Å²) in [4.78, 5) is 16.9. The molecule has 0 aromatic heterocycles. The number of likely N-dealkylation sites (tertiary alicyclic amines) is 2. The molecule has 0 radical (unpaired) electrons. The lowest BCUT2D eigenvalue weighted by Crippen LogP contribution is -2.62. The monoisotopic (exact) mass is 351 g/mol. The summed E-state index contributed by atoms with van der Waals surface area (Å²) in [5.41, 5.74) is 0.754. The smallest absolute Gasteiger partial charge is 0.321 e. The number of anilines is 1. The second kappa shape index (κ2) is 7.79. The highest BCUT2D eigenvalue weighted by Crippen LogP contribution is 2.25. The van der Waals surface area contributed by atoms with Gasteiger partial charge in [-0.3, -0.25) is 4.90 Å². The zero-order valence-corrected chi connectivity index (χ0v) is 14.9. The summed E-state index contributed by atoms with van der Waals surface area (Å²) in [6.45, 7) is 4.01. The van der Waals surface area contributed by atoms with Crippen molar-refractivity contribution in [1.82, 2.24) is 9.80 Å². The van der Waals surface area contributed by atoms with E-state index >= 15 is 0 Å². The summed E-state index contributed by atoms with van der Waals surface area (Å²) in [5, 5.41) is 2.98. The zero-order valence-electron chi connectivity index (χ0n) is 14.9. The summed E-state index contributed by atoms with van der Waals surface area (Å²) < 4.78 is 5.83. The first-order valence-corrected chi connectivity index (χ1v) is 9.41. The molecule has 2 amide bonds. The second-order valence-corrected chi connectivity index (χ2v) is 7.03. The van der Waals surface area contributed by atoms with Gasteiger partial charge in [-0.1, -0.05) is 30.7 Å². The number of para-hydroxylation sites is 1. The van der Waals surface area contributed by atoms with Crippen LogP contribution in [0.5, 0.6) is 11.5 Å². The standard InChI is InChI=1S/C21H25N3O2/c25-21(24-15-18(16-24)23-12-5-2-6-13-23)22-17-8-7-11-20(14-17)26-19-9-3-1-4-10-19/h1,3-4,7-11,14,18H,2,5-6,12-13,15-16H2,(H,22,25). The molecule has 2 heterocycles. The fraction of sp³-hybridized carbons (Fsp3) is 0.381. The van der Waals surface area contributed by atoms with Crippen LogP contribution in [0.15, 0.2) is 54.6 Å². The first kappa shape index (κ1) is 16.9. The van der Waals surface area contributed by atoms with Crippen molar-refractivity contribution >= 4 is 11.7 Å². The Balaban J connectivity index is 1.30. The quantitative estimate of drug-likeness (QED) is 0.899.